The number of nitriles is 1. The van der Waals surface area contributed by atoms with Crippen LogP contribution in [0.2, 0.25) is 0 Å². The lowest BCUT2D eigenvalue weighted by Crippen LogP contribution is -2.48. The summed E-state index contributed by atoms with van der Waals surface area (Å²) in [5, 5.41) is 15.3. The molecule has 2 rings (SSSR count). The lowest BCUT2D eigenvalue weighted by Gasteiger charge is -2.32. The van der Waals surface area contributed by atoms with Gasteiger partial charge in [0.05, 0.1) is 11.6 Å². The zero-order valence-corrected chi connectivity index (χ0v) is 17.2. The average Bonchev–Trinajstić information content (AvgIpc) is 2.61. The van der Waals surface area contributed by atoms with Crippen LogP contribution in [0, 0.1) is 17.1 Å². The minimum absolute atomic E-state index is 0. The maximum Gasteiger partial charge on any atom is 0.191 e. The first-order valence-electron chi connectivity index (χ1n) is 8.54. The molecule has 2 N–H and O–H groups in total. The van der Waals surface area contributed by atoms with Crippen molar-refractivity contribution in [3.05, 3.63) is 35.1 Å². The molecule has 1 aromatic rings. The third-order valence-corrected chi connectivity index (χ3v) is 4.32. The Hall–Kier alpha value is -1.40. The van der Waals surface area contributed by atoms with Crippen LogP contribution in [0.3, 0.4) is 0 Å². The third-order valence-electron chi connectivity index (χ3n) is 4.32. The van der Waals surface area contributed by atoms with Crippen LogP contribution in [0.1, 0.15) is 37.3 Å². The Balaban J connectivity index is 0.00000312. The molecule has 1 saturated heterocycles. The van der Waals surface area contributed by atoms with Crippen LogP contribution in [-0.2, 0) is 6.54 Å². The minimum Gasteiger partial charge on any atom is -0.354 e. The van der Waals surface area contributed by atoms with E-state index >= 15 is 0 Å². The van der Waals surface area contributed by atoms with E-state index in [0.717, 1.165) is 32.5 Å². The fourth-order valence-corrected chi connectivity index (χ4v) is 2.94. The number of hydrogen-bond acceptors (Lipinski definition) is 3. The Morgan fingerprint density at radius 3 is 2.68 bits per heavy atom. The van der Waals surface area contributed by atoms with Gasteiger partial charge in [-0.05, 0) is 37.9 Å². The molecule has 0 amide bonds. The van der Waals surface area contributed by atoms with Crippen molar-refractivity contribution in [3.63, 3.8) is 0 Å². The van der Waals surface area contributed by atoms with E-state index in [4.69, 9.17) is 5.26 Å². The Kier molecular flexibility index (Phi) is 9.75. The highest BCUT2D eigenvalue weighted by molar-refractivity contribution is 14.0. The van der Waals surface area contributed by atoms with Crippen LogP contribution in [-0.4, -0.2) is 43.6 Å². The molecule has 0 aromatic heterocycles. The zero-order valence-electron chi connectivity index (χ0n) is 14.9. The Labute approximate surface area is 166 Å². The summed E-state index contributed by atoms with van der Waals surface area (Å²) in [5.74, 6) is 0.317. The number of rotatable bonds is 5. The summed E-state index contributed by atoms with van der Waals surface area (Å²) >= 11 is 0. The third kappa shape index (κ3) is 6.78. The molecular formula is C18H27FIN5. The second-order valence-electron chi connectivity index (χ2n) is 6.10. The lowest BCUT2D eigenvalue weighted by atomic mass is 10.1. The number of nitrogens with one attached hydrogen (secondary N) is 2. The quantitative estimate of drug-likeness (QED) is 0.404. The van der Waals surface area contributed by atoms with E-state index < -0.39 is 0 Å². The van der Waals surface area contributed by atoms with Gasteiger partial charge in [-0.1, -0.05) is 13.0 Å². The van der Waals surface area contributed by atoms with E-state index in [-0.39, 0.29) is 29.8 Å². The van der Waals surface area contributed by atoms with Gasteiger partial charge in [0.15, 0.2) is 5.96 Å². The molecule has 138 valence electrons. The van der Waals surface area contributed by atoms with Gasteiger partial charge in [0, 0.05) is 38.3 Å². The van der Waals surface area contributed by atoms with Crippen LogP contribution in [0.25, 0.3) is 0 Å². The number of nitrogens with zero attached hydrogens (tertiary/aromatic N) is 3. The zero-order chi connectivity index (χ0) is 17.4. The summed E-state index contributed by atoms with van der Waals surface area (Å²) in [6.07, 6.45) is 3.37. The van der Waals surface area contributed by atoms with Crippen molar-refractivity contribution >= 4 is 29.9 Å². The van der Waals surface area contributed by atoms with Crippen LogP contribution >= 0.6 is 24.0 Å². The first-order chi connectivity index (χ1) is 11.7. The van der Waals surface area contributed by atoms with Crippen molar-refractivity contribution in [2.75, 3.05) is 26.7 Å². The van der Waals surface area contributed by atoms with E-state index in [1.54, 1.807) is 19.2 Å². The second-order valence-corrected chi connectivity index (χ2v) is 6.10. The molecule has 0 radical (unpaired) electrons. The van der Waals surface area contributed by atoms with E-state index in [1.165, 1.54) is 12.5 Å². The number of likely N-dealkylation sites (tertiary alicyclic amines) is 1. The molecule has 0 bridgehead atoms. The molecular weight excluding hydrogens is 432 g/mol. The highest BCUT2D eigenvalue weighted by atomic mass is 127. The van der Waals surface area contributed by atoms with Crippen molar-refractivity contribution in [2.45, 2.75) is 38.8 Å². The van der Waals surface area contributed by atoms with Crippen molar-refractivity contribution in [1.29, 1.82) is 5.26 Å². The molecule has 0 atom stereocenters. The maximum atomic E-state index is 13.9. The first-order valence-corrected chi connectivity index (χ1v) is 8.54. The molecule has 5 nitrogen and oxygen atoms in total. The van der Waals surface area contributed by atoms with E-state index in [2.05, 4.69) is 27.4 Å². The normalized spacial score (nSPS) is 16.0. The van der Waals surface area contributed by atoms with Gasteiger partial charge in [0.2, 0.25) is 0 Å². The summed E-state index contributed by atoms with van der Waals surface area (Å²) in [5.41, 5.74) is 0.854. The predicted octanol–water partition coefficient (Wildman–Crippen LogP) is 2.85. The van der Waals surface area contributed by atoms with Gasteiger partial charge in [0.25, 0.3) is 0 Å². The maximum absolute atomic E-state index is 13.9. The Morgan fingerprint density at radius 1 is 1.40 bits per heavy atom. The van der Waals surface area contributed by atoms with E-state index in [1.807, 2.05) is 6.07 Å². The van der Waals surface area contributed by atoms with Crippen molar-refractivity contribution in [1.82, 2.24) is 15.5 Å². The number of piperidine rings is 1. The summed E-state index contributed by atoms with van der Waals surface area (Å²) in [7, 11) is 1.72. The van der Waals surface area contributed by atoms with E-state index in [9.17, 15) is 4.39 Å². The summed E-state index contributed by atoms with van der Waals surface area (Å²) in [4.78, 5) is 6.71. The van der Waals surface area contributed by atoms with Gasteiger partial charge in [-0.25, -0.2) is 4.39 Å². The lowest BCUT2D eigenvalue weighted by molar-refractivity contribution is 0.206. The predicted molar refractivity (Wildman–Crippen MR) is 110 cm³/mol. The molecule has 0 unspecified atom stereocenters. The summed E-state index contributed by atoms with van der Waals surface area (Å²) in [6.45, 7) is 5.92. The average molecular weight is 459 g/mol. The molecule has 1 aromatic carbocycles. The Morgan fingerprint density at radius 2 is 2.12 bits per heavy atom. The number of benzene rings is 1. The van der Waals surface area contributed by atoms with Gasteiger partial charge in [-0.15, -0.1) is 24.0 Å². The van der Waals surface area contributed by atoms with Crippen LogP contribution < -0.4 is 10.6 Å². The van der Waals surface area contributed by atoms with Crippen molar-refractivity contribution < 1.29 is 4.39 Å². The first kappa shape index (κ1) is 21.6. The van der Waals surface area contributed by atoms with Crippen LogP contribution in [0.5, 0.6) is 0 Å². The largest absolute Gasteiger partial charge is 0.354 e. The molecule has 1 aliphatic rings. The number of aliphatic imine (C=N–C) groups is 1. The van der Waals surface area contributed by atoms with Gasteiger partial charge >= 0.3 is 0 Å². The van der Waals surface area contributed by atoms with Crippen LogP contribution in [0.15, 0.2) is 23.2 Å². The van der Waals surface area contributed by atoms with Gasteiger partial charge in [0.1, 0.15) is 5.82 Å². The summed E-state index contributed by atoms with van der Waals surface area (Å²) < 4.78 is 13.9. The van der Waals surface area contributed by atoms with Gasteiger partial charge < -0.3 is 15.5 Å². The number of hydrogen-bond donors (Lipinski definition) is 2. The number of halogens is 2. The second kappa shape index (κ2) is 11.3. The smallest absolute Gasteiger partial charge is 0.191 e. The minimum atomic E-state index is -0.370. The van der Waals surface area contributed by atoms with Crippen LogP contribution in [0.4, 0.5) is 4.39 Å². The highest BCUT2D eigenvalue weighted by Crippen LogP contribution is 2.11. The molecule has 7 heteroatoms. The fraction of sp³-hybridized carbons (Fsp3) is 0.556. The fourth-order valence-electron chi connectivity index (χ4n) is 2.94. The molecule has 1 heterocycles. The van der Waals surface area contributed by atoms with E-state index in [0.29, 0.717) is 29.7 Å². The van der Waals surface area contributed by atoms with Crippen molar-refractivity contribution in [2.24, 2.45) is 4.99 Å². The molecule has 0 aliphatic carbocycles. The van der Waals surface area contributed by atoms with Crippen molar-refractivity contribution in [3.8, 4) is 6.07 Å². The molecule has 1 aliphatic heterocycles. The SMILES string of the molecule is CCCN1CCC(NC(=NC)NCc2ccc(C#N)cc2F)CC1.I. The topological polar surface area (TPSA) is 63.4 Å². The van der Waals surface area contributed by atoms with Gasteiger partial charge in [-0.3, -0.25) is 4.99 Å². The molecule has 25 heavy (non-hydrogen) atoms. The number of guanidine groups is 1. The highest BCUT2D eigenvalue weighted by Gasteiger charge is 2.19. The monoisotopic (exact) mass is 459 g/mol. The molecule has 1 fully saturated rings. The molecule has 0 saturated carbocycles. The summed E-state index contributed by atoms with van der Waals surface area (Å²) in [6, 6.07) is 6.86. The Bertz CT molecular complexity index is 606. The van der Waals surface area contributed by atoms with Gasteiger partial charge in [-0.2, -0.15) is 5.26 Å². The standard InChI is InChI=1S/C18H26FN5.HI/c1-3-8-24-9-6-16(7-10-24)23-18(21-2)22-13-15-5-4-14(12-20)11-17(15)19;/h4-5,11,16H,3,6-10,13H2,1-2H3,(H2,21,22,23);1H. The molecule has 0 spiro atoms.